The molecule has 0 aromatic carbocycles. The van der Waals surface area contributed by atoms with Crippen molar-refractivity contribution in [2.75, 3.05) is 26.2 Å². The van der Waals surface area contributed by atoms with E-state index in [0.29, 0.717) is 24.4 Å². The number of carbonyl (C=O) groups excluding carboxylic acids is 3. The van der Waals surface area contributed by atoms with Gasteiger partial charge in [0.2, 0.25) is 11.8 Å². The van der Waals surface area contributed by atoms with Crippen molar-refractivity contribution < 1.29 is 18.8 Å². The van der Waals surface area contributed by atoms with Crippen LogP contribution in [0.25, 0.3) is 0 Å². The molecule has 1 aliphatic heterocycles. The molecule has 7 heteroatoms. The monoisotopic (exact) mass is 347 g/mol. The van der Waals surface area contributed by atoms with Gasteiger partial charge in [-0.2, -0.15) is 0 Å². The Morgan fingerprint density at radius 3 is 2.40 bits per heavy atom. The van der Waals surface area contributed by atoms with Gasteiger partial charge in [-0.05, 0) is 26.2 Å². The van der Waals surface area contributed by atoms with Gasteiger partial charge in [-0.1, -0.05) is 0 Å². The van der Waals surface area contributed by atoms with Crippen LogP contribution in [0.4, 0.5) is 0 Å². The molecule has 1 saturated heterocycles. The molecule has 2 aliphatic rings. The van der Waals surface area contributed by atoms with Crippen molar-refractivity contribution in [2.24, 2.45) is 11.7 Å². The molecule has 2 heterocycles. The second kappa shape index (κ2) is 6.90. The van der Waals surface area contributed by atoms with Gasteiger partial charge in [-0.25, -0.2) is 0 Å². The molecule has 0 unspecified atom stereocenters. The minimum Gasteiger partial charge on any atom is -0.465 e. The maximum atomic E-state index is 13.2. The number of amides is 3. The van der Waals surface area contributed by atoms with Crippen molar-refractivity contribution in [3.05, 3.63) is 22.6 Å². The number of nitrogens with zero attached hydrogens (tertiary/aromatic N) is 2. The Labute approximate surface area is 147 Å². The summed E-state index contributed by atoms with van der Waals surface area (Å²) in [5, 5.41) is 0. The third kappa shape index (κ3) is 3.41. The van der Waals surface area contributed by atoms with Crippen LogP contribution in [-0.2, 0) is 22.4 Å². The molecule has 0 bridgehead atoms. The first kappa shape index (κ1) is 17.5. The van der Waals surface area contributed by atoms with Crippen LogP contribution in [-0.4, -0.2) is 53.7 Å². The summed E-state index contributed by atoms with van der Waals surface area (Å²) in [5.41, 5.74) is 7.13. The molecule has 25 heavy (non-hydrogen) atoms. The van der Waals surface area contributed by atoms with Crippen molar-refractivity contribution in [3.63, 3.8) is 0 Å². The highest BCUT2D eigenvalue weighted by atomic mass is 16.3. The van der Waals surface area contributed by atoms with E-state index >= 15 is 0 Å². The fourth-order valence-corrected chi connectivity index (χ4v) is 3.80. The number of carbonyl (C=O) groups is 3. The van der Waals surface area contributed by atoms with Crippen LogP contribution in [0.2, 0.25) is 0 Å². The first-order chi connectivity index (χ1) is 11.9. The molecule has 1 atom stereocenters. The van der Waals surface area contributed by atoms with Crippen LogP contribution in [0.15, 0.2) is 4.42 Å². The first-order valence-electron chi connectivity index (χ1n) is 8.83. The summed E-state index contributed by atoms with van der Waals surface area (Å²) in [6, 6.07) is 0. The number of hydrogen-bond acceptors (Lipinski definition) is 4. The summed E-state index contributed by atoms with van der Waals surface area (Å²) < 4.78 is 5.81. The zero-order valence-electron chi connectivity index (χ0n) is 14.8. The second-order valence-electron chi connectivity index (χ2n) is 6.96. The highest BCUT2D eigenvalue weighted by molar-refractivity contribution is 5.97. The Morgan fingerprint density at radius 2 is 1.72 bits per heavy atom. The maximum Gasteiger partial charge on any atom is 0.257 e. The summed E-state index contributed by atoms with van der Waals surface area (Å²) in [6.07, 6.45) is 3.84. The van der Waals surface area contributed by atoms with Gasteiger partial charge >= 0.3 is 0 Å². The smallest absolute Gasteiger partial charge is 0.257 e. The summed E-state index contributed by atoms with van der Waals surface area (Å²) in [4.78, 5) is 39.9. The van der Waals surface area contributed by atoms with E-state index in [9.17, 15) is 14.4 Å². The van der Waals surface area contributed by atoms with Crippen LogP contribution in [0.3, 0.4) is 0 Å². The van der Waals surface area contributed by atoms with Crippen LogP contribution < -0.4 is 5.73 Å². The standard InChI is InChI=1S/C18H25N3O4/c1-11-16(14-5-3-4-6-15(14)25-11)18(24)21-8-7-20(12(2)22)9-13(10-21)17(19)23/h13H,3-10H2,1-2H3,(H2,19,23)/t13-/m0/s1. The molecule has 0 radical (unpaired) electrons. The topological polar surface area (TPSA) is 96.8 Å². The van der Waals surface area contributed by atoms with Crippen LogP contribution in [0.5, 0.6) is 0 Å². The van der Waals surface area contributed by atoms with E-state index in [1.165, 1.54) is 6.92 Å². The van der Waals surface area contributed by atoms with Gasteiger partial charge < -0.3 is 20.0 Å². The summed E-state index contributed by atoms with van der Waals surface area (Å²) in [7, 11) is 0. The molecule has 7 nitrogen and oxygen atoms in total. The van der Waals surface area contributed by atoms with Crippen molar-refractivity contribution in [1.29, 1.82) is 0 Å². The van der Waals surface area contributed by atoms with Gasteiger partial charge in [0, 0.05) is 45.1 Å². The van der Waals surface area contributed by atoms with E-state index in [0.717, 1.165) is 37.0 Å². The van der Waals surface area contributed by atoms with Crippen LogP contribution in [0.1, 0.15) is 47.2 Å². The lowest BCUT2D eigenvalue weighted by atomic mass is 9.94. The van der Waals surface area contributed by atoms with E-state index in [-0.39, 0.29) is 24.9 Å². The Hall–Kier alpha value is -2.31. The molecule has 0 spiro atoms. The average molecular weight is 347 g/mol. The van der Waals surface area contributed by atoms with Gasteiger partial charge in [-0.15, -0.1) is 0 Å². The summed E-state index contributed by atoms with van der Waals surface area (Å²) >= 11 is 0. The molecular weight excluding hydrogens is 322 g/mol. The largest absolute Gasteiger partial charge is 0.465 e. The van der Waals surface area contributed by atoms with Crippen LogP contribution >= 0.6 is 0 Å². The van der Waals surface area contributed by atoms with Crippen molar-refractivity contribution in [3.8, 4) is 0 Å². The van der Waals surface area contributed by atoms with Gasteiger partial charge in [0.05, 0.1) is 11.5 Å². The highest BCUT2D eigenvalue weighted by Crippen LogP contribution is 2.30. The van der Waals surface area contributed by atoms with Crippen LogP contribution in [0, 0.1) is 12.8 Å². The Morgan fingerprint density at radius 1 is 1.08 bits per heavy atom. The second-order valence-corrected chi connectivity index (χ2v) is 6.96. The Bertz CT molecular complexity index is 709. The molecular formula is C18H25N3O4. The normalized spacial score (nSPS) is 20.8. The van der Waals surface area contributed by atoms with Crippen molar-refractivity contribution in [1.82, 2.24) is 9.80 Å². The molecule has 136 valence electrons. The lowest BCUT2D eigenvalue weighted by Gasteiger charge is -2.23. The number of fused-ring (bicyclic) bond motifs is 1. The van der Waals surface area contributed by atoms with Gasteiger partial charge in [0.15, 0.2) is 0 Å². The molecule has 0 saturated carbocycles. The lowest BCUT2D eigenvalue weighted by Crippen LogP contribution is -2.41. The molecule has 3 rings (SSSR count). The number of rotatable bonds is 2. The SMILES string of the molecule is CC(=O)N1CCN(C(=O)c2c(C)oc3c2CCCC3)C[C@@H](C(N)=O)C1. The third-order valence-corrected chi connectivity index (χ3v) is 5.22. The van der Waals surface area contributed by atoms with Gasteiger partial charge in [0.1, 0.15) is 11.5 Å². The van der Waals surface area contributed by atoms with Gasteiger partial charge in [-0.3, -0.25) is 14.4 Å². The number of aryl methyl sites for hydroxylation is 2. The van der Waals surface area contributed by atoms with E-state index in [1.54, 1.807) is 9.80 Å². The molecule has 3 amide bonds. The minimum atomic E-state index is -0.557. The molecule has 2 N–H and O–H groups in total. The molecule has 1 fully saturated rings. The predicted molar refractivity (Wildman–Crippen MR) is 90.9 cm³/mol. The van der Waals surface area contributed by atoms with E-state index in [1.807, 2.05) is 6.92 Å². The number of primary amides is 1. The van der Waals surface area contributed by atoms with E-state index in [2.05, 4.69) is 0 Å². The number of furan rings is 1. The fourth-order valence-electron chi connectivity index (χ4n) is 3.80. The summed E-state index contributed by atoms with van der Waals surface area (Å²) in [5.74, 6) is 0.271. The highest BCUT2D eigenvalue weighted by Gasteiger charge is 2.33. The first-order valence-corrected chi connectivity index (χ1v) is 8.83. The Balaban J connectivity index is 1.87. The number of hydrogen-bond donors (Lipinski definition) is 1. The third-order valence-electron chi connectivity index (χ3n) is 5.22. The van der Waals surface area contributed by atoms with E-state index < -0.39 is 11.8 Å². The fraction of sp³-hybridized carbons (Fsp3) is 0.611. The maximum absolute atomic E-state index is 13.2. The number of nitrogens with two attached hydrogens (primary N) is 1. The average Bonchev–Trinajstić information content (AvgIpc) is 2.75. The molecule has 1 aromatic heterocycles. The molecule has 1 aliphatic carbocycles. The van der Waals surface area contributed by atoms with Crippen molar-refractivity contribution >= 4 is 17.7 Å². The predicted octanol–water partition coefficient (Wildman–Crippen LogP) is 0.873. The van der Waals surface area contributed by atoms with Crippen molar-refractivity contribution in [2.45, 2.75) is 39.5 Å². The minimum absolute atomic E-state index is 0.114. The quantitative estimate of drug-likeness (QED) is 0.858. The molecule has 1 aromatic rings. The zero-order chi connectivity index (χ0) is 18.1. The Kier molecular flexibility index (Phi) is 4.83. The lowest BCUT2D eigenvalue weighted by molar-refractivity contribution is -0.130. The van der Waals surface area contributed by atoms with Gasteiger partial charge in [0.25, 0.3) is 5.91 Å². The van der Waals surface area contributed by atoms with E-state index in [4.69, 9.17) is 10.2 Å². The zero-order valence-corrected chi connectivity index (χ0v) is 14.8. The summed E-state index contributed by atoms with van der Waals surface area (Å²) in [6.45, 7) is 4.57.